The molecule has 0 saturated carbocycles. The van der Waals surface area contributed by atoms with E-state index in [4.69, 9.17) is 5.26 Å². The zero-order chi connectivity index (χ0) is 28.9. The topological polar surface area (TPSA) is 153 Å². The van der Waals surface area contributed by atoms with Crippen LogP contribution in [0.25, 0.3) is 0 Å². The summed E-state index contributed by atoms with van der Waals surface area (Å²) in [5.41, 5.74) is 10.6. The second-order valence-electron chi connectivity index (χ2n) is 8.83. The lowest BCUT2D eigenvalue weighted by Gasteiger charge is -2.12. The Morgan fingerprint density at radius 1 is 0.780 bits per heavy atom. The molecule has 0 fully saturated rings. The Hall–Kier alpha value is -4.89. The molecule has 0 radical (unpaired) electrons. The van der Waals surface area contributed by atoms with Crippen molar-refractivity contribution < 1.29 is 24.2 Å². The number of nitrogens with one attached hydrogen (secondary N) is 2. The van der Waals surface area contributed by atoms with E-state index in [2.05, 4.69) is 40.6 Å². The molecule has 0 unspecified atom stereocenters. The van der Waals surface area contributed by atoms with Gasteiger partial charge in [0, 0.05) is 4.90 Å². The first kappa shape index (κ1) is 27.7. The average Bonchev–Trinajstić information content (AvgIpc) is 3.43. The summed E-state index contributed by atoms with van der Waals surface area (Å²) in [6.45, 7) is 5.30. The Kier molecular flexibility index (Phi) is 8.16. The Morgan fingerprint density at radius 2 is 1.37 bits per heavy atom. The van der Waals surface area contributed by atoms with E-state index in [0.29, 0.717) is 39.1 Å². The van der Waals surface area contributed by atoms with Gasteiger partial charge in [0.1, 0.15) is 0 Å². The molecule has 13 nitrogen and oxygen atoms in total. The highest BCUT2D eigenvalue weighted by molar-refractivity contribution is 7.94. The number of rotatable bonds is 9. The van der Waals surface area contributed by atoms with Gasteiger partial charge in [0.2, 0.25) is 0 Å². The standard InChI is InChI=1S/C27H24N8O5S/c1-16-15-19(28-30-24-17(2)32-34(26(24)36)20-7-5-4-6-8-20)9-14-23(16)29-31-25-18(3)33-35(27(25)37)21-10-12-22(13-11-21)41-40-39-38/h4-15,28-29,38H,1-3H3/b30-24-,31-25-. The van der Waals surface area contributed by atoms with Crippen LogP contribution >= 0.6 is 12.0 Å². The van der Waals surface area contributed by atoms with Crippen LogP contribution in [0.15, 0.2) is 98.1 Å². The molecule has 2 heterocycles. The molecule has 0 aliphatic carbocycles. The van der Waals surface area contributed by atoms with Crippen LogP contribution in [0, 0.1) is 6.92 Å². The average molecular weight is 573 g/mol. The van der Waals surface area contributed by atoms with Crippen molar-refractivity contribution in [1.82, 2.24) is 0 Å². The molecule has 2 aliphatic heterocycles. The van der Waals surface area contributed by atoms with Gasteiger partial charge in [-0.15, -0.1) is 4.33 Å². The summed E-state index contributed by atoms with van der Waals surface area (Å²) < 4.78 is 4.40. The normalized spacial score (nSPS) is 17.0. The summed E-state index contributed by atoms with van der Waals surface area (Å²) >= 11 is 0.811. The second kappa shape index (κ2) is 12.1. The molecular formula is C27H24N8O5S. The third-order valence-corrected chi connectivity index (χ3v) is 6.62. The van der Waals surface area contributed by atoms with Gasteiger partial charge in [-0.05, 0) is 80.9 Å². The molecule has 14 heteroatoms. The summed E-state index contributed by atoms with van der Waals surface area (Å²) in [7, 11) is 0. The summed E-state index contributed by atoms with van der Waals surface area (Å²) in [6.07, 6.45) is 0. The van der Waals surface area contributed by atoms with Crippen LogP contribution in [0.1, 0.15) is 19.4 Å². The van der Waals surface area contributed by atoms with E-state index in [1.807, 2.05) is 31.2 Å². The molecule has 0 aromatic heterocycles. The Bertz CT molecular complexity index is 1610. The molecule has 208 valence electrons. The van der Waals surface area contributed by atoms with Crippen molar-refractivity contribution in [2.45, 2.75) is 25.7 Å². The number of aryl methyl sites for hydroxylation is 1. The first-order valence-corrected chi connectivity index (χ1v) is 13.0. The minimum absolute atomic E-state index is 0.172. The lowest BCUT2D eigenvalue weighted by atomic mass is 10.2. The molecule has 0 spiro atoms. The third-order valence-electron chi connectivity index (χ3n) is 6.03. The molecule has 3 N–H and O–H groups in total. The largest absolute Gasteiger partial charge is 0.301 e. The van der Waals surface area contributed by atoms with Crippen LogP contribution in [0.2, 0.25) is 0 Å². The zero-order valence-electron chi connectivity index (χ0n) is 22.1. The first-order valence-electron chi connectivity index (χ1n) is 12.2. The van der Waals surface area contributed by atoms with Crippen LogP contribution in [-0.4, -0.2) is 39.9 Å². The third kappa shape index (κ3) is 6.00. The minimum atomic E-state index is -0.389. The molecule has 3 aromatic carbocycles. The molecule has 2 amide bonds. The van der Waals surface area contributed by atoms with Gasteiger partial charge >= 0.3 is 11.8 Å². The van der Waals surface area contributed by atoms with Gasteiger partial charge in [0.05, 0.1) is 46.2 Å². The van der Waals surface area contributed by atoms with Gasteiger partial charge in [-0.2, -0.15) is 30.4 Å². The second-order valence-corrected chi connectivity index (χ2v) is 9.61. The molecular weight excluding hydrogens is 548 g/mol. The molecule has 0 saturated heterocycles. The fraction of sp³-hybridized carbons (Fsp3) is 0.111. The number of hydrogen-bond donors (Lipinski definition) is 3. The van der Waals surface area contributed by atoms with Gasteiger partial charge in [0.15, 0.2) is 11.4 Å². The molecule has 3 aromatic rings. The van der Waals surface area contributed by atoms with E-state index in [-0.39, 0.29) is 23.2 Å². The van der Waals surface area contributed by atoms with E-state index in [0.717, 1.165) is 17.6 Å². The van der Waals surface area contributed by atoms with Gasteiger partial charge in [0.25, 0.3) is 0 Å². The van der Waals surface area contributed by atoms with Crippen LogP contribution in [0.5, 0.6) is 0 Å². The highest BCUT2D eigenvalue weighted by Crippen LogP contribution is 2.26. The summed E-state index contributed by atoms with van der Waals surface area (Å²) in [5, 5.41) is 31.7. The lowest BCUT2D eigenvalue weighted by Crippen LogP contribution is -2.28. The van der Waals surface area contributed by atoms with Crippen molar-refractivity contribution >= 4 is 69.5 Å². The van der Waals surface area contributed by atoms with E-state index in [1.165, 1.54) is 10.0 Å². The molecule has 0 atom stereocenters. The maximum Gasteiger partial charge on any atom is 0.301 e. The van der Waals surface area contributed by atoms with Gasteiger partial charge in [-0.1, -0.05) is 23.2 Å². The maximum atomic E-state index is 13.0. The Labute approximate surface area is 238 Å². The van der Waals surface area contributed by atoms with E-state index >= 15 is 0 Å². The zero-order valence-corrected chi connectivity index (χ0v) is 22.9. The summed E-state index contributed by atoms with van der Waals surface area (Å²) in [6, 6.07) is 21.3. The van der Waals surface area contributed by atoms with E-state index < -0.39 is 0 Å². The fourth-order valence-corrected chi connectivity index (χ4v) is 4.32. The Morgan fingerprint density at radius 3 is 1.95 bits per heavy atom. The van der Waals surface area contributed by atoms with E-state index in [9.17, 15) is 9.59 Å². The van der Waals surface area contributed by atoms with Crippen LogP contribution in [0.4, 0.5) is 22.7 Å². The number of para-hydroxylation sites is 1. The molecule has 5 rings (SSSR count). The van der Waals surface area contributed by atoms with Crippen molar-refractivity contribution in [3.63, 3.8) is 0 Å². The van der Waals surface area contributed by atoms with Crippen molar-refractivity contribution in [3.8, 4) is 0 Å². The van der Waals surface area contributed by atoms with Crippen molar-refractivity contribution in [2.24, 2.45) is 20.4 Å². The van der Waals surface area contributed by atoms with Crippen molar-refractivity contribution in [1.29, 1.82) is 0 Å². The van der Waals surface area contributed by atoms with Gasteiger partial charge in [-0.25, -0.2) is 5.26 Å². The van der Waals surface area contributed by atoms with Gasteiger partial charge < -0.3 is 0 Å². The highest BCUT2D eigenvalue weighted by atomic mass is 32.2. The predicted octanol–water partition coefficient (Wildman–Crippen LogP) is 4.80. The first-order chi connectivity index (χ1) is 19.9. The molecule has 41 heavy (non-hydrogen) atoms. The SMILES string of the molecule is CC1=NN(c2ccccc2)C(=O)/C1=N\Nc1ccc(N/N=C2\C(=O)N(c3ccc(SOOO)cc3)N=C2C)c(C)c1. The number of benzene rings is 3. The quantitative estimate of drug-likeness (QED) is 0.188. The number of carbonyl (C=O) groups excluding carboxylic acids is 2. The van der Waals surface area contributed by atoms with Crippen LogP contribution in [-0.2, 0) is 19.0 Å². The number of amides is 2. The number of hydrazone groups is 4. The number of nitrogens with zero attached hydrogens (tertiary/aromatic N) is 6. The Balaban J connectivity index is 1.23. The smallest absolute Gasteiger partial charge is 0.278 e. The summed E-state index contributed by atoms with van der Waals surface area (Å²) in [4.78, 5) is 26.5. The number of hydrogen-bond acceptors (Lipinski definition) is 12. The van der Waals surface area contributed by atoms with Crippen molar-refractivity contribution in [3.05, 3.63) is 78.4 Å². The summed E-state index contributed by atoms with van der Waals surface area (Å²) in [5.74, 6) is -0.709. The number of carbonyl (C=O) groups is 2. The molecule has 2 aliphatic rings. The number of anilines is 4. The van der Waals surface area contributed by atoms with Crippen LogP contribution < -0.4 is 20.9 Å². The van der Waals surface area contributed by atoms with Crippen LogP contribution in [0.3, 0.4) is 0 Å². The maximum absolute atomic E-state index is 13.0. The van der Waals surface area contributed by atoms with Crippen molar-refractivity contribution in [2.75, 3.05) is 20.9 Å². The molecule has 0 bridgehead atoms. The lowest BCUT2D eigenvalue weighted by molar-refractivity contribution is -0.432. The monoisotopic (exact) mass is 572 g/mol. The van der Waals surface area contributed by atoms with Gasteiger partial charge in [-0.3, -0.25) is 20.4 Å². The highest BCUT2D eigenvalue weighted by Gasteiger charge is 2.31. The van der Waals surface area contributed by atoms with E-state index in [1.54, 1.807) is 62.4 Å². The minimum Gasteiger partial charge on any atom is -0.278 e. The fourth-order valence-electron chi connectivity index (χ4n) is 3.96. The predicted molar refractivity (Wildman–Crippen MR) is 158 cm³/mol.